The second-order valence-corrected chi connectivity index (χ2v) is 6.38. The summed E-state index contributed by atoms with van der Waals surface area (Å²) in [6, 6.07) is 7.01. The van der Waals surface area contributed by atoms with Crippen LogP contribution >= 0.6 is 12.2 Å². The lowest BCUT2D eigenvalue weighted by Gasteiger charge is -2.34. The molecular formula is C16H23N3OS. The first kappa shape index (κ1) is 14.8. The minimum Gasteiger partial charge on any atom is -0.496 e. The number of nitrogens with two attached hydrogens (primary N) is 1. The van der Waals surface area contributed by atoms with E-state index in [-0.39, 0.29) is 0 Å². The highest BCUT2D eigenvalue weighted by Crippen LogP contribution is 2.28. The Morgan fingerprint density at radius 2 is 2.00 bits per heavy atom. The van der Waals surface area contributed by atoms with Crippen LogP contribution in [0.1, 0.15) is 24.0 Å². The molecule has 0 spiro atoms. The van der Waals surface area contributed by atoms with Crippen LogP contribution in [0, 0.1) is 0 Å². The highest BCUT2D eigenvalue weighted by molar-refractivity contribution is 7.80. The van der Waals surface area contributed by atoms with Crippen molar-refractivity contribution >= 4 is 17.2 Å². The summed E-state index contributed by atoms with van der Waals surface area (Å²) in [5.74, 6) is 0.775. The number of piperazine rings is 1. The van der Waals surface area contributed by atoms with Gasteiger partial charge in [-0.2, -0.15) is 0 Å². The Morgan fingerprint density at radius 1 is 1.29 bits per heavy atom. The molecule has 21 heavy (non-hydrogen) atoms. The van der Waals surface area contributed by atoms with Gasteiger partial charge in [-0.15, -0.1) is 0 Å². The number of rotatable bonds is 5. The van der Waals surface area contributed by atoms with Crippen LogP contribution in [0.3, 0.4) is 0 Å². The topological polar surface area (TPSA) is 41.7 Å². The maximum atomic E-state index is 5.71. The summed E-state index contributed by atoms with van der Waals surface area (Å²) in [5, 5.41) is 0. The van der Waals surface area contributed by atoms with E-state index in [9.17, 15) is 0 Å². The molecule has 1 aromatic carbocycles. The fourth-order valence-electron chi connectivity index (χ4n) is 3.02. The Bertz CT molecular complexity index is 522. The van der Waals surface area contributed by atoms with Crippen molar-refractivity contribution in [1.29, 1.82) is 0 Å². The predicted octanol–water partition coefficient (Wildman–Crippen LogP) is 1.61. The number of methoxy groups -OCH3 is 1. The van der Waals surface area contributed by atoms with Gasteiger partial charge in [0.2, 0.25) is 0 Å². The first-order valence-electron chi connectivity index (χ1n) is 7.60. The number of benzene rings is 1. The van der Waals surface area contributed by atoms with E-state index in [1.165, 1.54) is 31.5 Å². The molecule has 0 bridgehead atoms. The number of hydrogen-bond donors (Lipinski definition) is 1. The van der Waals surface area contributed by atoms with Crippen LogP contribution in [0.5, 0.6) is 5.75 Å². The van der Waals surface area contributed by atoms with E-state index in [0.717, 1.165) is 37.0 Å². The fraction of sp³-hybridized carbons (Fsp3) is 0.562. The van der Waals surface area contributed by atoms with Crippen LogP contribution in [0.4, 0.5) is 0 Å². The maximum absolute atomic E-state index is 5.71. The summed E-state index contributed by atoms with van der Waals surface area (Å²) in [7, 11) is 1.66. The molecule has 0 radical (unpaired) electrons. The Morgan fingerprint density at radius 3 is 2.57 bits per heavy atom. The van der Waals surface area contributed by atoms with Crippen LogP contribution in [-0.4, -0.2) is 54.1 Å². The monoisotopic (exact) mass is 305 g/mol. The predicted molar refractivity (Wildman–Crippen MR) is 88.8 cm³/mol. The minimum atomic E-state index is 0.386. The molecule has 4 nitrogen and oxygen atoms in total. The normalized spacial score (nSPS) is 20.4. The third-order valence-corrected chi connectivity index (χ3v) is 4.63. The largest absolute Gasteiger partial charge is 0.496 e. The zero-order chi connectivity index (χ0) is 14.8. The molecule has 0 aromatic heterocycles. The molecule has 0 amide bonds. The van der Waals surface area contributed by atoms with Gasteiger partial charge in [0.15, 0.2) is 0 Å². The summed E-state index contributed by atoms with van der Waals surface area (Å²) >= 11 is 5.05. The SMILES string of the molecule is COc1cc(CN2CCN(C3CC3)CC2)ccc1C(N)=S. The van der Waals surface area contributed by atoms with Crippen LogP contribution < -0.4 is 10.5 Å². The number of nitrogens with zero attached hydrogens (tertiary/aromatic N) is 2. The van der Waals surface area contributed by atoms with E-state index >= 15 is 0 Å². The molecule has 2 N–H and O–H groups in total. The molecule has 0 atom stereocenters. The Kier molecular flexibility index (Phi) is 4.42. The smallest absolute Gasteiger partial charge is 0.129 e. The molecule has 1 aliphatic carbocycles. The lowest BCUT2D eigenvalue weighted by atomic mass is 10.1. The number of hydrogen-bond acceptors (Lipinski definition) is 4. The molecule has 1 aliphatic heterocycles. The van der Waals surface area contributed by atoms with E-state index < -0.39 is 0 Å². The van der Waals surface area contributed by atoms with Crippen molar-refractivity contribution < 1.29 is 4.74 Å². The minimum absolute atomic E-state index is 0.386. The van der Waals surface area contributed by atoms with Crippen LogP contribution in [0.2, 0.25) is 0 Å². The highest BCUT2D eigenvalue weighted by Gasteiger charge is 2.31. The summed E-state index contributed by atoms with van der Waals surface area (Å²) in [6.45, 7) is 5.66. The van der Waals surface area contributed by atoms with Gasteiger partial charge in [-0.05, 0) is 30.5 Å². The lowest BCUT2D eigenvalue weighted by molar-refractivity contribution is 0.121. The van der Waals surface area contributed by atoms with Gasteiger partial charge in [0.25, 0.3) is 0 Å². The van der Waals surface area contributed by atoms with E-state index in [1.54, 1.807) is 7.11 Å². The second-order valence-electron chi connectivity index (χ2n) is 5.94. The molecule has 1 saturated heterocycles. The van der Waals surface area contributed by atoms with E-state index in [1.807, 2.05) is 6.07 Å². The molecule has 2 fully saturated rings. The second kappa shape index (κ2) is 6.30. The molecule has 5 heteroatoms. The molecule has 114 valence electrons. The summed E-state index contributed by atoms with van der Waals surface area (Å²) in [6.07, 6.45) is 2.80. The van der Waals surface area contributed by atoms with Crippen LogP contribution in [0.15, 0.2) is 18.2 Å². The molecule has 2 aliphatic rings. The van der Waals surface area contributed by atoms with Crippen molar-refractivity contribution in [2.45, 2.75) is 25.4 Å². The van der Waals surface area contributed by atoms with Crippen molar-refractivity contribution in [2.24, 2.45) is 5.73 Å². The van der Waals surface area contributed by atoms with Gasteiger partial charge >= 0.3 is 0 Å². The lowest BCUT2D eigenvalue weighted by Crippen LogP contribution is -2.46. The van der Waals surface area contributed by atoms with Gasteiger partial charge in [-0.1, -0.05) is 18.3 Å². The molecule has 1 heterocycles. The summed E-state index contributed by atoms with van der Waals surface area (Å²) < 4.78 is 5.40. The van der Waals surface area contributed by atoms with Gasteiger partial charge in [0.1, 0.15) is 10.7 Å². The molecular weight excluding hydrogens is 282 g/mol. The Labute approximate surface area is 131 Å². The zero-order valence-corrected chi connectivity index (χ0v) is 13.4. The van der Waals surface area contributed by atoms with Crippen LogP contribution in [-0.2, 0) is 6.54 Å². The van der Waals surface area contributed by atoms with Crippen molar-refractivity contribution in [3.05, 3.63) is 29.3 Å². The Hall–Kier alpha value is -1.17. The molecule has 1 aromatic rings. The summed E-state index contributed by atoms with van der Waals surface area (Å²) in [4.78, 5) is 5.53. The first-order chi connectivity index (χ1) is 10.2. The number of ether oxygens (including phenoxy) is 1. The van der Waals surface area contributed by atoms with Gasteiger partial charge < -0.3 is 10.5 Å². The van der Waals surface area contributed by atoms with Gasteiger partial charge in [0.05, 0.1) is 12.7 Å². The molecule has 0 unspecified atom stereocenters. The highest BCUT2D eigenvalue weighted by atomic mass is 32.1. The van der Waals surface area contributed by atoms with Gasteiger partial charge in [-0.25, -0.2) is 0 Å². The maximum Gasteiger partial charge on any atom is 0.129 e. The third kappa shape index (κ3) is 3.54. The summed E-state index contributed by atoms with van der Waals surface area (Å²) in [5.41, 5.74) is 7.78. The van der Waals surface area contributed by atoms with E-state index in [4.69, 9.17) is 22.7 Å². The molecule has 3 rings (SSSR count). The van der Waals surface area contributed by atoms with Gasteiger partial charge in [-0.3, -0.25) is 9.80 Å². The van der Waals surface area contributed by atoms with Crippen molar-refractivity contribution in [1.82, 2.24) is 9.80 Å². The average molecular weight is 305 g/mol. The fourth-order valence-corrected chi connectivity index (χ4v) is 3.19. The van der Waals surface area contributed by atoms with Gasteiger partial charge in [0, 0.05) is 38.8 Å². The van der Waals surface area contributed by atoms with E-state index in [2.05, 4.69) is 21.9 Å². The third-order valence-electron chi connectivity index (χ3n) is 4.41. The van der Waals surface area contributed by atoms with E-state index in [0.29, 0.717) is 4.99 Å². The quantitative estimate of drug-likeness (QED) is 0.837. The zero-order valence-electron chi connectivity index (χ0n) is 12.5. The van der Waals surface area contributed by atoms with Crippen molar-refractivity contribution in [3.63, 3.8) is 0 Å². The standard InChI is InChI=1S/C16H23N3OS/c1-20-15-10-12(2-5-14(15)16(17)21)11-18-6-8-19(9-7-18)13-3-4-13/h2,5,10,13H,3-4,6-9,11H2,1H3,(H2,17,21). The van der Waals surface area contributed by atoms with Crippen molar-refractivity contribution in [3.8, 4) is 5.75 Å². The molecule has 1 saturated carbocycles. The Balaban J connectivity index is 1.61. The van der Waals surface area contributed by atoms with Crippen LogP contribution in [0.25, 0.3) is 0 Å². The average Bonchev–Trinajstić information content (AvgIpc) is 3.32. The number of thiocarbonyl (C=S) groups is 1. The first-order valence-corrected chi connectivity index (χ1v) is 8.01. The van der Waals surface area contributed by atoms with Crippen molar-refractivity contribution in [2.75, 3.05) is 33.3 Å².